The van der Waals surface area contributed by atoms with E-state index in [4.69, 9.17) is 6.42 Å². The predicted octanol–water partition coefficient (Wildman–Crippen LogP) is 2.68. The zero-order valence-electron chi connectivity index (χ0n) is 16.5. The van der Waals surface area contributed by atoms with Gasteiger partial charge in [0.25, 0.3) is 0 Å². The van der Waals surface area contributed by atoms with Gasteiger partial charge in [0.1, 0.15) is 12.0 Å². The van der Waals surface area contributed by atoms with Crippen molar-refractivity contribution in [3.63, 3.8) is 0 Å². The van der Waals surface area contributed by atoms with Crippen molar-refractivity contribution < 1.29 is 8.42 Å². The molecule has 152 valence electrons. The molecule has 30 heavy (non-hydrogen) atoms. The van der Waals surface area contributed by atoms with Crippen LogP contribution < -0.4 is 0 Å². The molecule has 0 aliphatic carbocycles. The first-order valence-corrected chi connectivity index (χ1v) is 10.6. The van der Waals surface area contributed by atoms with Crippen LogP contribution in [0.1, 0.15) is 18.0 Å². The van der Waals surface area contributed by atoms with E-state index in [1.165, 1.54) is 24.7 Å². The van der Waals surface area contributed by atoms with E-state index in [-0.39, 0.29) is 10.9 Å². The summed E-state index contributed by atoms with van der Waals surface area (Å²) in [7, 11) is -0.546. The van der Waals surface area contributed by atoms with Crippen LogP contribution in [-0.4, -0.2) is 51.6 Å². The van der Waals surface area contributed by atoms with Gasteiger partial charge in [-0.3, -0.25) is 4.68 Å². The summed E-state index contributed by atoms with van der Waals surface area (Å²) in [6.45, 7) is 0. The normalized spacial score (nSPS) is 12.9. The third kappa shape index (κ3) is 3.47. The van der Waals surface area contributed by atoms with Crippen LogP contribution in [0.25, 0.3) is 22.3 Å². The van der Waals surface area contributed by atoms with Gasteiger partial charge in [-0.15, -0.1) is 12.3 Å². The van der Waals surface area contributed by atoms with Crippen molar-refractivity contribution in [2.75, 3.05) is 14.1 Å². The van der Waals surface area contributed by atoms with Gasteiger partial charge in [0.05, 0.1) is 22.8 Å². The minimum absolute atomic E-state index is 0.212. The molecule has 1 N–H and O–H groups in total. The smallest absolute Gasteiger partial charge is 0.242 e. The Morgan fingerprint density at radius 3 is 2.87 bits per heavy atom. The fraction of sp³-hybridized carbons (Fsp3) is 0.190. The monoisotopic (exact) mass is 420 g/mol. The van der Waals surface area contributed by atoms with Crippen LogP contribution in [0.15, 0.2) is 60.1 Å². The summed E-state index contributed by atoms with van der Waals surface area (Å²) in [5, 5.41) is 5.39. The Morgan fingerprint density at radius 1 is 1.27 bits per heavy atom. The SMILES string of the molecule is C#CCC(c1cccc(S(=O)(=O)N(C)C)c1)n1cc(-c2ncnc3[nH]ccc23)cn1. The molecule has 0 fully saturated rings. The molecule has 0 spiro atoms. The van der Waals surface area contributed by atoms with E-state index in [1.807, 2.05) is 24.5 Å². The Labute approximate surface area is 174 Å². The van der Waals surface area contributed by atoms with Crippen LogP contribution in [-0.2, 0) is 10.0 Å². The first-order valence-electron chi connectivity index (χ1n) is 9.20. The van der Waals surface area contributed by atoms with Gasteiger partial charge in [-0.25, -0.2) is 22.7 Å². The van der Waals surface area contributed by atoms with Crippen LogP contribution in [0.2, 0.25) is 0 Å². The van der Waals surface area contributed by atoms with Crippen LogP contribution in [0.5, 0.6) is 0 Å². The molecule has 0 aliphatic heterocycles. The summed E-state index contributed by atoms with van der Waals surface area (Å²) in [5.74, 6) is 2.67. The van der Waals surface area contributed by atoms with Crippen molar-refractivity contribution in [1.29, 1.82) is 0 Å². The number of H-pyrrole nitrogens is 1. The molecule has 4 rings (SSSR count). The molecule has 0 aliphatic rings. The number of hydrogen-bond donors (Lipinski definition) is 1. The maximum Gasteiger partial charge on any atom is 0.242 e. The lowest BCUT2D eigenvalue weighted by Crippen LogP contribution is -2.22. The molecule has 0 bridgehead atoms. The van der Waals surface area contributed by atoms with Crippen LogP contribution in [0.4, 0.5) is 0 Å². The molecule has 1 atom stereocenters. The van der Waals surface area contributed by atoms with Crippen molar-refractivity contribution in [2.45, 2.75) is 17.4 Å². The number of aromatic nitrogens is 5. The lowest BCUT2D eigenvalue weighted by atomic mass is 10.0. The molecular formula is C21H20N6O2S. The number of rotatable bonds is 6. The van der Waals surface area contributed by atoms with Crippen molar-refractivity contribution in [3.05, 3.63) is 60.8 Å². The van der Waals surface area contributed by atoms with Gasteiger partial charge in [-0.2, -0.15) is 5.10 Å². The molecule has 0 amide bonds. The van der Waals surface area contributed by atoms with E-state index < -0.39 is 10.0 Å². The average molecular weight is 420 g/mol. The van der Waals surface area contributed by atoms with Crippen LogP contribution in [0, 0.1) is 12.3 Å². The number of aromatic amines is 1. The number of benzene rings is 1. The highest BCUT2D eigenvalue weighted by Gasteiger charge is 2.21. The number of nitrogens with zero attached hydrogens (tertiary/aromatic N) is 5. The molecule has 8 nitrogen and oxygen atoms in total. The summed E-state index contributed by atoms with van der Waals surface area (Å²) >= 11 is 0. The number of hydrogen-bond acceptors (Lipinski definition) is 5. The molecule has 1 unspecified atom stereocenters. The Kier molecular flexibility index (Phi) is 5.11. The minimum atomic E-state index is -3.55. The number of terminal acetylenes is 1. The average Bonchev–Trinajstić information content (AvgIpc) is 3.41. The van der Waals surface area contributed by atoms with Crippen LogP contribution >= 0.6 is 0 Å². The molecule has 0 saturated carbocycles. The molecule has 0 saturated heterocycles. The second-order valence-electron chi connectivity index (χ2n) is 6.96. The maximum atomic E-state index is 12.5. The van der Waals surface area contributed by atoms with Crippen LogP contribution in [0.3, 0.4) is 0 Å². The number of nitrogens with one attached hydrogen (secondary N) is 1. The van der Waals surface area contributed by atoms with Crippen molar-refractivity contribution >= 4 is 21.1 Å². The largest absolute Gasteiger partial charge is 0.346 e. The highest BCUT2D eigenvalue weighted by molar-refractivity contribution is 7.89. The van der Waals surface area contributed by atoms with Crippen molar-refractivity contribution in [1.82, 2.24) is 29.0 Å². The van der Waals surface area contributed by atoms with E-state index in [0.29, 0.717) is 6.42 Å². The molecule has 4 aromatic rings. The topological polar surface area (TPSA) is 96.8 Å². The summed E-state index contributed by atoms with van der Waals surface area (Å²) in [6.07, 6.45) is 12.9. The Balaban J connectivity index is 1.75. The summed E-state index contributed by atoms with van der Waals surface area (Å²) in [6, 6.07) is 8.39. The van der Waals surface area contributed by atoms with Gasteiger partial charge in [-0.05, 0) is 23.8 Å². The fourth-order valence-electron chi connectivity index (χ4n) is 3.30. The molecule has 3 heterocycles. The molecule has 0 radical (unpaired) electrons. The number of fused-ring (bicyclic) bond motifs is 1. The van der Waals surface area contributed by atoms with Gasteiger partial charge in [-0.1, -0.05) is 12.1 Å². The summed E-state index contributed by atoms with van der Waals surface area (Å²) in [4.78, 5) is 11.9. The second-order valence-corrected chi connectivity index (χ2v) is 9.11. The fourth-order valence-corrected chi connectivity index (χ4v) is 4.26. The van der Waals surface area contributed by atoms with E-state index >= 15 is 0 Å². The minimum Gasteiger partial charge on any atom is -0.346 e. The van der Waals surface area contributed by atoms with Gasteiger partial charge < -0.3 is 4.98 Å². The van der Waals surface area contributed by atoms with E-state index in [0.717, 1.165) is 27.9 Å². The summed E-state index contributed by atoms with van der Waals surface area (Å²) < 4.78 is 28.0. The molecule has 1 aromatic carbocycles. The third-order valence-corrected chi connectivity index (χ3v) is 6.69. The third-order valence-electron chi connectivity index (χ3n) is 4.88. The lowest BCUT2D eigenvalue weighted by Gasteiger charge is -2.18. The van der Waals surface area contributed by atoms with Gasteiger partial charge in [0.2, 0.25) is 10.0 Å². The first kappa shape index (κ1) is 19.8. The van der Waals surface area contributed by atoms with E-state index in [1.54, 1.807) is 29.1 Å². The molecule has 9 heteroatoms. The maximum absolute atomic E-state index is 12.5. The molecular weight excluding hydrogens is 400 g/mol. The second kappa shape index (κ2) is 7.74. The van der Waals surface area contributed by atoms with Gasteiger partial charge in [0, 0.05) is 43.9 Å². The zero-order chi connectivity index (χ0) is 21.3. The Hall–Kier alpha value is -3.48. The molecule has 3 aromatic heterocycles. The van der Waals surface area contributed by atoms with E-state index in [9.17, 15) is 8.42 Å². The predicted molar refractivity (Wildman–Crippen MR) is 114 cm³/mol. The highest BCUT2D eigenvalue weighted by atomic mass is 32.2. The standard InChI is InChI=1S/C21H20N6O2S/c1-4-6-19(15-7-5-8-17(11-15)30(28,29)26(2)3)27-13-16(12-25-27)20-18-9-10-22-21(18)24-14-23-20/h1,5,7-14,19H,6H2,2-3H3,(H,22,23,24). The lowest BCUT2D eigenvalue weighted by molar-refractivity contribution is 0.517. The highest BCUT2D eigenvalue weighted by Crippen LogP contribution is 2.29. The van der Waals surface area contributed by atoms with Gasteiger partial charge in [0.15, 0.2) is 0 Å². The first-order chi connectivity index (χ1) is 14.4. The van der Waals surface area contributed by atoms with Crippen molar-refractivity contribution in [2.24, 2.45) is 0 Å². The van der Waals surface area contributed by atoms with Gasteiger partial charge >= 0.3 is 0 Å². The zero-order valence-corrected chi connectivity index (χ0v) is 17.3. The number of sulfonamides is 1. The van der Waals surface area contributed by atoms with Crippen molar-refractivity contribution in [3.8, 4) is 23.6 Å². The summed E-state index contributed by atoms with van der Waals surface area (Å²) in [5.41, 5.74) is 3.09. The van der Waals surface area contributed by atoms with E-state index in [2.05, 4.69) is 26.0 Å². The quantitative estimate of drug-likeness (QED) is 0.484. The Morgan fingerprint density at radius 2 is 2.10 bits per heavy atom. The Bertz CT molecular complexity index is 1350.